The summed E-state index contributed by atoms with van der Waals surface area (Å²) in [6.45, 7) is 4.46. The number of carbonyl (C=O) groups is 1. The highest BCUT2D eigenvalue weighted by molar-refractivity contribution is 7.92. The number of hydrogen-bond acceptors (Lipinski definition) is 4. The molecule has 0 atom stereocenters. The van der Waals surface area contributed by atoms with Crippen LogP contribution in [0.25, 0.3) is 0 Å². The van der Waals surface area contributed by atoms with E-state index in [1.165, 1.54) is 6.07 Å². The van der Waals surface area contributed by atoms with Crippen LogP contribution in [0.15, 0.2) is 24.1 Å². The Morgan fingerprint density at radius 3 is 2.43 bits per heavy atom. The SMILES string of the molecule is C=CS(=O)(=O)NC1CCN(C(=O)CNc2cc(Cl)c(Cl)cc2C(C)(F)F)CC1. The Morgan fingerprint density at radius 1 is 1.32 bits per heavy atom. The first-order valence-corrected chi connectivity index (χ1v) is 10.8. The summed E-state index contributed by atoms with van der Waals surface area (Å²) in [4.78, 5) is 13.9. The van der Waals surface area contributed by atoms with E-state index in [0.717, 1.165) is 18.4 Å². The minimum atomic E-state index is -3.53. The molecule has 11 heteroatoms. The Hall–Kier alpha value is -1.42. The topological polar surface area (TPSA) is 78.5 Å². The zero-order valence-corrected chi connectivity index (χ0v) is 17.5. The minimum absolute atomic E-state index is 0.000818. The molecule has 0 saturated carbocycles. The van der Waals surface area contributed by atoms with Gasteiger partial charge < -0.3 is 10.2 Å². The normalized spacial score (nSPS) is 16.1. The van der Waals surface area contributed by atoms with Crippen LogP contribution >= 0.6 is 23.2 Å². The standard InChI is InChI=1S/C17H21Cl2F2N3O3S/c1-3-28(26,27)23-11-4-6-24(7-5-11)16(25)10-22-15-9-14(19)13(18)8-12(15)17(2,20)21/h3,8-9,11,22-23H,1,4-7,10H2,2H3. The number of alkyl halides is 2. The van der Waals surface area contributed by atoms with Crippen LogP contribution < -0.4 is 10.0 Å². The first-order chi connectivity index (χ1) is 12.9. The van der Waals surface area contributed by atoms with Crippen LogP contribution in [0.3, 0.4) is 0 Å². The Labute approximate surface area is 172 Å². The number of hydrogen-bond donors (Lipinski definition) is 2. The van der Waals surface area contributed by atoms with Gasteiger partial charge in [-0.2, -0.15) is 0 Å². The molecule has 28 heavy (non-hydrogen) atoms. The van der Waals surface area contributed by atoms with E-state index in [4.69, 9.17) is 23.2 Å². The number of rotatable bonds is 7. The summed E-state index contributed by atoms with van der Waals surface area (Å²) in [6.07, 6.45) is 0.897. The number of amides is 1. The van der Waals surface area contributed by atoms with Gasteiger partial charge in [-0.05, 0) is 25.0 Å². The zero-order valence-electron chi connectivity index (χ0n) is 15.1. The molecule has 0 unspecified atom stereocenters. The molecular weight excluding hydrogens is 435 g/mol. The maximum Gasteiger partial charge on any atom is 0.272 e. The number of nitrogens with one attached hydrogen (secondary N) is 2. The molecule has 1 aromatic rings. The molecule has 2 rings (SSSR count). The molecule has 1 heterocycles. The molecule has 1 aromatic carbocycles. The first kappa shape index (κ1) is 22.9. The second-order valence-corrected chi connectivity index (χ2v) is 9.01. The highest BCUT2D eigenvalue weighted by Gasteiger charge is 2.30. The van der Waals surface area contributed by atoms with E-state index in [1.807, 2.05) is 0 Å². The molecule has 0 radical (unpaired) electrons. The summed E-state index contributed by atoms with van der Waals surface area (Å²) in [6, 6.07) is 2.06. The van der Waals surface area contributed by atoms with Gasteiger partial charge in [0.05, 0.1) is 16.6 Å². The van der Waals surface area contributed by atoms with E-state index in [9.17, 15) is 22.0 Å². The summed E-state index contributed by atoms with van der Waals surface area (Å²) in [5.74, 6) is -3.46. The van der Waals surface area contributed by atoms with Crippen LogP contribution in [-0.4, -0.2) is 44.9 Å². The van der Waals surface area contributed by atoms with Gasteiger partial charge in [-0.15, -0.1) is 0 Å². The number of piperidine rings is 1. The van der Waals surface area contributed by atoms with Gasteiger partial charge in [-0.25, -0.2) is 21.9 Å². The van der Waals surface area contributed by atoms with E-state index >= 15 is 0 Å². The molecule has 0 aliphatic carbocycles. The van der Waals surface area contributed by atoms with Crippen molar-refractivity contribution in [3.63, 3.8) is 0 Å². The molecule has 1 aliphatic heterocycles. The Bertz CT molecular complexity index is 852. The van der Waals surface area contributed by atoms with E-state index in [1.54, 1.807) is 4.90 Å². The summed E-state index contributed by atoms with van der Waals surface area (Å²) >= 11 is 11.7. The van der Waals surface area contributed by atoms with E-state index in [-0.39, 0.29) is 39.8 Å². The van der Waals surface area contributed by atoms with Crippen molar-refractivity contribution >= 4 is 44.8 Å². The van der Waals surface area contributed by atoms with Crippen LogP contribution in [0.2, 0.25) is 10.0 Å². The third kappa shape index (κ3) is 6.04. The number of anilines is 1. The van der Waals surface area contributed by atoms with Crippen molar-refractivity contribution in [2.24, 2.45) is 0 Å². The van der Waals surface area contributed by atoms with E-state index in [2.05, 4.69) is 16.6 Å². The third-order valence-corrected chi connectivity index (χ3v) is 6.18. The van der Waals surface area contributed by atoms with Crippen molar-refractivity contribution in [1.29, 1.82) is 0 Å². The van der Waals surface area contributed by atoms with Crippen LogP contribution in [0.5, 0.6) is 0 Å². The molecule has 1 amide bonds. The smallest absolute Gasteiger partial charge is 0.272 e. The van der Waals surface area contributed by atoms with Gasteiger partial charge in [0.1, 0.15) is 0 Å². The summed E-state index contributed by atoms with van der Waals surface area (Å²) < 4.78 is 53.1. The van der Waals surface area contributed by atoms with Crippen molar-refractivity contribution in [1.82, 2.24) is 9.62 Å². The molecule has 0 bridgehead atoms. The second-order valence-electron chi connectivity index (χ2n) is 6.54. The van der Waals surface area contributed by atoms with Crippen molar-refractivity contribution < 1.29 is 22.0 Å². The lowest BCUT2D eigenvalue weighted by Crippen LogP contribution is -2.47. The maximum atomic E-state index is 13.8. The zero-order chi connectivity index (χ0) is 21.1. The molecule has 1 saturated heterocycles. The summed E-state index contributed by atoms with van der Waals surface area (Å²) in [5.41, 5.74) is -0.323. The van der Waals surface area contributed by atoms with Gasteiger partial charge in [0.2, 0.25) is 15.9 Å². The van der Waals surface area contributed by atoms with Gasteiger partial charge >= 0.3 is 0 Å². The first-order valence-electron chi connectivity index (χ1n) is 8.46. The number of carbonyl (C=O) groups excluding carboxylic acids is 1. The van der Waals surface area contributed by atoms with Crippen LogP contribution in [-0.2, 0) is 20.7 Å². The molecule has 0 spiro atoms. The summed E-state index contributed by atoms with van der Waals surface area (Å²) in [7, 11) is -3.53. The van der Waals surface area contributed by atoms with Crippen molar-refractivity contribution in [3.05, 3.63) is 39.7 Å². The number of nitrogens with zero attached hydrogens (tertiary/aromatic N) is 1. The van der Waals surface area contributed by atoms with Crippen molar-refractivity contribution in [3.8, 4) is 0 Å². The number of halogens is 4. The number of benzene rings is 1. The van der Waals surface area contributed by atoms with Gasteiger partial charge in [-0.1, -0.05) is 29.8 Å². The molecule has 156 valence electrons. The number of likely N-dealkylation sites (tertiary alicyclic amines) is 1. The van der Waals surface area contributed by atoms with Crippen LogP contribution in [0.1, 0.15) is 25.3 Å². The Balaban J connectivity index is 1.97. The lowest BCUT2D eigenvalue weighted by Gasteiger charge is -2.32. The highest BCUT2D eigenvalue weighted by Crippen LogP contribution is 2.38. The Morgan fingerprint density at radius 2 is 1.89 bits per heavy atom. The molecule has 2 N–H and O–H groups in total. The van der Waals surface area contributed by atoms with Gasteiger partial charge in [-0.3, -0.25) is 4.79 Å². The molecule has 1 fully saturated rings. The van der Waals surface area contributed by atoms with E-state index in [0.29, 0.717) is 25.9 Å². The lowest BCUT2D eigenvalue weighted by molar-refractivity contribution is -0.130. The van der Waals surface area contributed by atoms with Crippen molar-refractivity contribution in [2.45, 2.75) is 31.7 Å². The predicted octanol–water partition coefficient (Wildman–Crippen LogP) is 3.57. The van der Waals surface area contributed by atoms with Crippen LogP contribution in [0.4, 0.5) is 14.5 Å². The molecule has 1 aliphatic rings. The van der Waals surface area contributed by atoms with Crippen molar-refractivity contribution in [2.75, 3.05) is 25.0 Å². The highest BCUT2D eigenvalue weighted by atomic mass is 35.5. The molecule has 6 nitrogen and oxygen atoms in total. The predicted molar refractivity (Wildman–Crippen MR) is 106 cm³/mol. The fraction of sp³-hybridized carbons (Fsp3) is 0.471. The quantitative estimate of drug-likeness (QED) is 0.658. The lowest BCUT2D eigenvalue weighted by atomic mass is 10.1. The average Bonchev–Trinajstić information content (AvgIpc) is 2.61. The average molecular weight is 456 g/mol. The maximum absolute atomic E-state index is 13.8. The second kappa shape index (κ2) is 8.94. The van der Waals surface area contributed by atoms with Gasteiger partial charge in [0, 0.05) is 42.7 Å². The fourth-order valence-corrected chi connectivity index (χ4v) is 3.99. The largest absolute Gasteiger partial charge is 0.376 e. The molecule has 0 aromatic heterocycles. The summed E-state index contributed by atoms with van der Waals surface area (Å²) in [5, 5.41) is 3.64. The number of sulfonamides is 1. The van der Waals surface area contributed by atoms with Gasteiger partial charge in [0.15, 0.2) is 0 Å². The fourth-order valence-electron chi connectivity index (χ4n) is 2.87. The molecular formula is C17H21Cl2F2N3O3S. The minimum Gasteiger partial charge on any atom is -0.376 e. The monoisotopic (exact) mass is 455 g/mol. The Kier molecular flexibility index (Phi) is 7.30. The van der Waals surface area contributed by atoms with Crippen LogP contribution in [0, 0.1) is 0 Å². The van der Waals surface area contributed by atoms with E-state index < -0.39 is 15.9 Å². The third-order valence-electron chi connectivity index (χ3n) is 4.36. The van der Waals surface area contributed by atoms with Gasteiger partial charge in [0.25, 0.3) is 5.92 Å².